The van der Waals surface area contributed by atoms with E-state index in [1.165, 1.54) is 0 Å². The summed E-state index contributed by atoms with van der Waals surface area (Å²) in [6, 6.07) is 0. The van der Waals surface area contributed by atoms with E-state index in [0.29, 0.717) is 5.75 Å². The highest BCUT2D eigenvalue weighted by atomic mass is 32.5. The van der Waals surface area contributed by atoms with E-state index in [1.54, 1.807) is 13.8 Å². The fourth-order valence-corrected chi connectivity index (χ4v) is 2.62. The van der Waals surface area contributed by atoms with Crippen molar-refractivity contribution in [3.8, 4) is 0 Å². The molecule has 0 aliphatic heterocycles. The summed E-state index contributed by atoms with van der Waals surface area (Å²) in [5.41, 5.74) is 0. The van der Waals surface area contributed by atoms with Crippen LogP contribution in [0.3, 0.4) is 0 Å². The molecule has 14 heavy (non-hydrogen) atoms. The Morgan fingerprint density at radius 1 is 1.50 bits per heavy atom. The highest BCUT2D eigenvalue weighted by Gasteiger charge is 2.27. The fraction of sp³-hybridized carbons (Fsp3) is 1.00. The Balaban J connectivity index is 4.20. The van der Waals surface area contributed by atoms with E-state index in [4.69, 9.17) is 14.3 Å². The molecule has 0 fully saturated rings. The molecule has 0 saturated heterocycles. The van der Waals surface area contributed by atoms with Crippen molar-refractivity contribution >= 4 is 29.3 Å². The molecule has 0 aliphatic rings. The molecule has 0 amide bonds. The van der Waals surface area contributed by atoms with Gasteiger partial charge in [-0.2, -0.15) is 0 Å². The van der Waals surface area contributed by atoms with Gasteiger partial charge in [0.15, 0.2) is 0 Å². The number of hydrogen-bond donors (Lipinski definition) is 2. The van der Waals surface area contributed by atoms with Gasteiger partial charge in [-0.15, -0.1) is 0 Å². The summed E-state index contributed by atoms with van der Waals surface area (Å²) in [4.78, 5) is 17.7. The van der Waals surface area contributed by atoms with Crippen molar-refractivity contribution < 1.29 is 18.5 Å². The number of hydrogen-bond acceptors (Lipinski definition) is 3. The van der Waals surface area contributed by atoms with Gasteiger partial charge in [0.05, 0.1) is 11.4 Å². The van der Waals surface area contributed by atoms with Gasteiger partial charge in [-0.1, -0.05) is 6.92 Å². The molecular weight excluding hydrogens is 243 g/mol. The van der Waals surface area contributed by atoms with Crippen molar-refractivity contribution in [3.63, 3.8) is 0 Å². The summed E-state index contributed by atoms with van der Waals surface area (Å²) in [5, 5.41) is 0. The van der Waals surface area contributed by atoms with Crippen LogP contribution in [0.4, 0.5) is 0 Å². The van der Waals surface area contributed by atoms with E-state index in [2.05, 4.69) is 11.8 Å². The van der Waals surface area contributed by atoms with Gasteiger partial charge in [-0.25, -0.2) is 0 Å². The summed E-state index contributed by atoms with van der Waals surface area (Å²) >= 11 is 4.31. The molecule has 0 aliphatic carbocycles. The first-order valence-corrected chi connectivity index (χ1v) is 8.22. The first-order chi connectivity index (χ1) is 6.19. The molecule has 0 spiro atoms. The molecule has 0 radical (unpaired) electrons. The second-order valence-corrected chi connectivity index (χ2v) is 8.44. The van der Waals surface area contributed by atoms with E-state index in [0.717, 1.165) is 6.42 Å². The minimum absolute atomic E-state index is 0.00386. The third-order valence-corrected chi connectivity index (χ3v) is 4.50. The Labute approximate surface area is 92.4 Å². The smallest absolute Gasteiger partial charge is 0.321 e. The van der Waals surface area contributed by atoms with Gasteiger partial charge < -0.3 is 14.3 Å². The van der Waals surface area contributed by atoms with Gasteiger partial charge in [0, 0.05) is 16.6 Å². The predicted octanol–water partition coefficient (Wildman–Crippen LogP) is 1.15. The molecule has 0 saturated carbocycles. The van der Waals surface area contributed by atoms with Gasteiger partial charge in [-0.05, 0) is 32.1 Å². The van der Waals surface area contributed by atoms with Crippen LogP contribution in [0.15, 0.2) is 0 Å². The fourth-order valence-electron chi connectivity index (χ4n) is 0.767. The van der Waals surface area contributed by atoms with Crippen molar-refractivity contribution in [2.24, 2.45) is 0 Å². The first kappa shape index (κ1) is 14.7. The zero-order valence-electron chi connectivity index (χ0n) is 8.60. The summed E-state index contributed by atoms with van der Waals surface area (Å²) in [5.74, 6) is 0.579. The number of rotatable bonds is 6. The molecular formula is C7H17O4PS2. The van der Waals surface area contributed by atoms with Gasteiger partial charge in [0.2, 0.25) is 0 Å². The van der Waals surface area contributed by atoms with Crippen molar-refractivity contribution in [1.29, 1.82) is 0 Å². The average molecular weight is 260 g/mol. The normalized spacial score (nSPS) is 15.5. The van der Waals surface area contributed by atoms with E-state index >= 15 is 0 Å². The lowest BCUT2D eigenvalue weighted by Gasteiger charge is -2.24. The minimum atomic E-state index is -3.62. The zero-order chi connectivity index (χ0) is 11.4. The van der Waals surface area contributed by atoms with Crippen LogP contribution in [0.1, 0.15) is 27.2 Å². The molecule has 0 aromatic heterocycles. The lowest BCUT2D eigenvalue weighted by Crippen LogP contribution is -2.33. The van der Waals surface area contributed by atoms with E-state index < -0.39 is 22.3 Å². The second-order valence-electron chi connectivity index (χ2n) is 3.57. The first-order valence-electron chi connectivity index (χ1n) is 4.27. The Kier molecular flexibility index (Phi) is 5.95. The second kappa shape index (κ2) is 5.68. The molecule has 1 atom stereocenters. The standard InChI is InChI=1S/C7H17O4PS2/c1-4-5-14(10)7(2,3)6-11-12(8,9)13/h4-6H2,1-3H3,(H2,8,9,13). The molecule has 86 valence electrons. The lowest BCUT2D eigenvalue weighted by molar-refractivity contribution is 0.232. The molecule has 0 rings (SSSR count). The van der Waals surface area contributed by atoms with Crippen molar-refractivity contribution in [2.45, 2.75) is 31.9 Å². The van der Waals surface area contributed by atoms with Crippen LogP contribution >= 0.6 is 6.72 Å². The summed E-state index contributed by atoms with van der Waals surface area (Å²) in [7, 11) is -1.04. The van der Waals surface area contributed by atoms with Crippen LogP contribution in [-0.2, 0) is 27.1 Å². The molecule has 1 unspecified atom stereocenters. The monoisotopic (exact) mass is 260 g/mol. The topological polar surface area (TPSA) is 66.8 Å². The Bertz CT molecular complexity index is 248. The van der Waals surface area contributed by atoms with Gasteiger partial charge in [0.1, 0.15) is 0 Å². The van der Waals surface area contributed by atoms with E-state index in [-0.39, 0.29) is 6.61 Å². The maximum Gasteiger partial charge on any atom is 0.321 e. The molecule has 2 N–H and O–H groups in total. The van der Waals surface area contributed by atoms with Crippen LogP contribution in [0.5, 0.6) is 0 Å². The van der Waals surface area contributed by atoms with Crippen molar-refractivity contribution in [1.82, 2.24) is 0 Å². The third-order valence-electron chi connectivity index (χ3n) is 1.59. The molecule has 0 aromatic carbocycles. The van der Waals surface area contributed by atoms with Crippen molar-refractivity contribution in [3.05, 3.63) is 0 Å². The third kappa shape index (κ3) is 6.22. The van der Waals surface area contributed by atoms with Crippen LogP contribution in [0.2, 0.25) is 0 Å². The van der Waals surface area contributed by atoms with Gasteiger partial charge in [-0.3, -0.25) is 4.21 Å². The molecule has 0 aromatic rings. The maximum atomic E-state index is 11.6. The van der Waals surface area contributed by atoms with E-state index in [1.807, 2.05) is 6.92 Å². The van der Waals surface area contributed by atoms with Crippen LogP contribution in [0, 0.1) is 0 Å². The predicted molar refractivity (Wildman–Crippen MR) is 62.1 cm³/mol. The van der Waals surface area contributed by atoms with E-state index in [9.17, 15) is 4.21 Å². The zero-order valence-corrected chi connectivity index (χ0v) is 11.1. The van der Waals surface area contributed by atoms with Crippen LogP contribution in [0.25, 0.3) is 0 Å². The lowest BCUT2D eigenvalue weighted by atomic mass is 10.2. The van der Waals surface area contributed by atoms with Gasteiger partial charge in [0.25, 0.3) is 0 Å². The summed E-state index contributed by atoms with van der Waals surface area (Å²) in [6.07, 6.45) is 0.822. The highest BCUT2D eigenvalue weighted by molar-refractivity contribution is 8.06. The SMILES string of the molecule is CCCS(=O)C(C)(C)COP(O)(O)=S. The van der Waals surface area contributed by atoms with Crippen LogP contribution < -0.4 is 0 Å². The summed E-state index contributed by atoms with van der Waals surface area (Å²) in [6.45, 7) is 1.83. The highest BCUT2D eigenvalue weighted by Crippen LogP contribution is 2.37. The van der Waals surface area contributed by atoms with Gasteiger partial charge >= 0.3 is 6.72 Å². The Hall–Kier alpha value is 0.680. The molecule has 0 heterocycles. The molecule has 7 heteroatoms. The summed E-state index contributed by atoms with van der Waals surface area (Å²) < 4.78 is 15.7. The van der Waals surface area contributed by atoms with Crippen LogP contribution in [-0.4, -0.2) is 31.1 Å². The van der Waals surface area contributed by atoms with Crippen molar-refractivity contribution in [2.75, 3.05) is 12.4 Å². The average Bonchev–Trinajstić information content (AvgIpc) is 2.00. The quantitative estimate of drug-likeness (QED) is 0.701. The Morgan fingerprint density at radius 3 is 2.36 bits per heavy atom. The Morgan fingerprint density at radius 2 is 2.00 bits per heavy atom. The maximum absolute atomic E-state index is 11.6. The molecule has 4 nitrogen and oxygen atoms in total. The largest absolute Gasteiger partial charge is 0.325 e. The minimum Gasteiger partial charge on any atom is -0.325 e. The molecule has 0 bridgehead atoms.